The maximum atomic E-state index is 12.8. The molecular formula is C19H17BrN4O3S. The van der Waals surface area contributed by atoms with Gasteiger partial charge in [0.1, 0.15) is 5.70 Å². The van der Waals surface area contributed by atoms with E-state index in [4.69, 9.17) is 14.5 Å². The Labute approximate surface area is 174 Å². The molecule has 0 saturated carbocycles. The molecule has 0 aromatic heterocycles. The first-order valence-electron chi connectivity index (χ1n) is 8.39. The molecule has 2 aromatic carbocycles. The lowest BCUT2D eigenvalue weighted by atomic mass is 10.1. The van der Waals surface area contributed by atoms with E-state index in [0.717, 1.165) is 20.6 Å². The highest BCUT2D eigenvalue weighted by Crippen LogP contribution is 2.40. The number of carbonyl (C=O) groups is 1. The van der Waals surface area contributed by atoms with Crippen molar-refractivity contribution in [3.8, 4) is 11.5 Å². The molecule has 0 fully saturated rings. The van der Waals surface area contributed by atoms with Crippen LogP contribution in [0.4, 0.5) is 0 Å². The van der Waals surface area contributed by atoms with Crippen LogP contribution in [-0.4, -0.2) is 36.6 Å². The summed E-state index contributed by atoms with van der Waals surface area (Å²) in [5.74, 6) is 0.959. The summed E-state index contributed by atoms with van der Waals surface area (Å²) >= 11 is 4.90. The number of nitrogens with one attached hydrogen (secondary N) is 1. The van der Waals surface area contributed by atoms with E-state index < -0.39 is 6.17 Å². The van der Waals surface area contributed by atoms with Gasteiger partial charge in [0.05, 0.1) is 24.0 Å². The highest BCUT2D eigenvalue weighted by atomic mass is 79.9. The van der Waals surface area contributed by atoms with Crippen molar-refractivity contribution in [3.05, 3.63) is 57.0 Å². The Kier molecular flexibility index (Phi) is 5.03. The second kappa shape index (κ2) is 7.48. The van der Waals surface area contributed by atoms with Crippen molar-refractivity contribution in [2.24, 2.45) is 10.1 Å². The van der Waals surface area contributed by atoms with Crippen LogP contribution in [0.5, 0.6) is 11.5 Å². The largest absolute Gasteiger partial charge is 0.493 e. The number of hydrazone groups is 1. The van der Waals surface area contributed by atoms with Gasteiger partial charge in [-0.3, -0.25) is 15.1 Å². The van der Waals surface area contributed by atoms with Gasteiger partial charge in [-0.25, -0.2) is 5.01 Å². The molecule has 2 heterocycles. The van der Waals surface area contributed by atoms with E-state index in [0.29, 0.717) is 22.4 Å². The van der Waals surface area contributed by atoms with E-state index in [1.54, 1.807) is 19.2 Å². The van der Waals surface area contributed by atoms with Crippen LogP contribution >= 0.6 is 27.7 Å². The lowest BCUT2D eigenvalue weighted by molar-refractivity contribution is -0.116. The van der Waals surface area contributed by atoms with Crippen molar-refractivity contribution in [1.82, 2.24) is 10.3 Å². The van der Waals surface area contributed by atoms with E-state index >= 15 is 0 Å². The molecule has 1 N–H and O–H groups in total. The fourth-order valence-corrected chi connectivity index (χ4v) is 4.21. The number of amides is 1. The summed E-state index contributed by atoms with van der Waals surface area (Å²) in [6, 6.07) is 11.3. The number of thioether (sulfide) groups is 1. The summed E-state index contributed by atoms with van der Waals surface area (Å²) in [6.45, 7) is 0. The van der Waals surface area contributed by atoms with Crippen LogP contribution in [0.15, 0.2) is 51.0 Å². The van der Waals surface area contributed by atoms with Crippen molar-refractivity contribution < 1.29 is 14.3 Å². The van der Waals surface area contributed by atoms with Gasteiger partial charge < -0.3 is 9.47 Å². The molecule has 9 heteroatoms. The van der Waals surface area contributed by atoms with Crippen molar-refractivity contribution in [3.63, 3.8) is 0 Å². The Balaban J connectivity index is 1.97. The average molecular weight is 461 g/mol. The van der Waals surface area contributed by atoms with Crippen LogP contribution in [0.25, 0.3) is 5.70 Å². The van der Waals surface area contributed by atoms with Crippen molar-refractivity contribution >= 4 is 44.5 Å². The van der Waals surface area contributed by atoms with Crippen molar-refractivity contribution in [1.29, 1.82) is 0 Å². The topological polar surface area (TPSA) is 75.5 Å². The molecule has 144 valence electrons. The van der Waals surface area contributed by atoms with Gasteiger partial charge >= 0.3 is 0 Å². The standard InChI is InChI=1S/C19H17BrN4O3S/c1-26-14-9-10(8-12(20)16(14)27-2)17-21-13-7-5-4-6-11(13)15-18(25)22-19(28-3)23-24(15)17/h4-9,17H,1-3H3,(H,22,23,25)/t17-/m1/s1. The third-order valence-corrected chi connectivity index (χ3v) is 5.62. The zero-order chi connectivity index (χ0) is 19.8. The van der Waals surface area contributed by atoms with Crippen LogP contribution in [0.3, 0.4) is 0 Å². The van der Waals surface area contributed by atoms with Crippen LogP contribution < -0.4 is 25.4 Å². The Bertz CT molecular complexity index is 1120. The molecule has 4 rings (SSSR count). The normalized spacial score (nSPS) is 17.8. The van der Waals surface area contributed by atoms with Gasteiger partial charge in [0.2, 0.25) is 0 Å². The monoisotopic (exact) mass is 460 g/mol. The average Bonchev–Trinajstić information content (AvgIpc) is 2.71. The molecule has 0 bridgehead atoms. The summed E-state index contributed by atoms with van der Waals surface area (Å²) in [5.41, 5.74) is 1.29. The van der Waals surface area contributed by atoms with Gasteiger partial charge in [0.25, 0.3) is 5.91 Å². The molecule has 7 nitrogen and oxygen atoms in total. The lowest BCUT2D eigenvalue weighted by Gasteiger charge is -2.34. The van der Waals surface area contributed by atoms with Gasteiger partial charge in [-0.15, -0.1) is 5.10 Å². The first-order chi connectivity index (χ1) is 13.6. The number of methoxy groups -OCH3 is 2. The fourth-order valence-electron chi connectivity index (χ4n) is 3.22. The quantitative estimate of drug-likeness (QED) is 0.757. The summed E-state index contributed by atoms with van der Waals surface area (Å²) in [4.78, 5) is 17.7. The summed E-state index contributed by atoms with van der Waals surface area (Å²) in [6.07, 6.45) is 1.34. The number of ether oxygens (including phenoxy) is 2. The molecule has 2 aliphatic rings. The third kappa shape index (κ3) is 3.04. The van der Waals surface area contributed by atoms with Crippen LogP contribution in [0.2, 0.25) is 0 Å². The molecular weight excluding hydrogens is 444 g/mol. The van der Waals surface area contributed by atoms with E-state index in [2.05, 4.69) is 26.3 Å². The minimum Gasteiger partial charge on any atom is -0.493 e. The molecule has 0 aliphatic carbocycles. The van der Waals surface area contributed by atoms with E-state index in [1.807, 2.05) is 42.7 Å². The molecule has 0 radical (unpaired) electrons. The van der Waals surface area contributed by atoms with Crippen LogP contribution in [0.1, 0.15) is 11.7 Å². The number of nitrogens with zero attached hydrogens (tertiary/aromatic N) is 3. The minimum atomic E-state index is -0.519. The number of fused-ring (bicyclic) bond motifs is 2. The zero-order valence-corrected chi connectivity index (χ0v) is 17.8. The fraction of sp³-hybridized carbons (Fsp3) is 0.211. The number of rotatable bonds is 3. The maximum Gasteiger partial charge on any atom is 0.276 e. The van der Waals surface area contributed by atoms with Crippen LogP contribution in [-0.2, 0) is 4.79 Å². The van der Waals surface area contributed by atoms with Gasteiger partial charge in [-0.2, -0.15) is 0 Å². The lowest BCUT2D eigenvalue weighted by Crippen LogP contribution is -2.50. The van der Waals surface area contributed by atoms with Gasteiger partial charge in [0, 0.05) is 10.8 Å². The molecule has 2 aromatic rings. The maximum absolute atomic E-state index is 12.8. The summed E-state index contributed by atoms with van der Waals surface area (Å²) < 4.78 is 11.6. The van der Waals surface area contributed by atoms with E-state index in [1.165, 1.54) is 11.8 Å². The molecule has 28 heavy (non-hydrogen) atoms. The number of amidine groups is 1. The second-order valence-electron chi connectivity index (χ2n) is 6.01. The molecule has 0 saturated heterocycles. The van der Waals surface area contributed by atoms with Gasteiger partial charge in [-0.1, -0.05) is 30.0 Å². The number of hydrogen-bond donors (Lipinski definition) is 1. The first kappa shape index (κ1) is 18.8. The van der Waals surface area contributed by atoms with Crippen molar-refractivity contribution in [2.45, 2.75) is 6.17 Å². The molecule has 1 atom stereocenters. The van der Waals surface area contributed by atoms with E-state index in [-0.39, 0.29) is 5.91 Å². The Morgan fingerprint density at radius 1 is 1.21 bits per heavy atom. The summed E-state index contributed by atoms with van der Waals surface area (Å²) in [7, 11) is 3.16. The predicted octanol–water partition coefficient (Wildman–Crippen LogP) is 1.97. The molecule has 1 amide bonds. The Morgan fingerprint density at radius 2 is 2.00 bits per heavy atom. The third-order valence-electron chi connectivity index (χ3n) is 4.46. The molecule has 0 spiro atoms. The van der Waals surface area contributed by atoms with E-state index in [9.17, 15) is 4.79 Å². The zero-order valence-electron chi connectivity index (χ0n) is 15.4. The molecule has 2 aliphatic heterocycles. The van der Waals surface area contributed by atoms with Gasteiger partial charge in [-0.05, 0) is 40.4 Å². The smallest absolute Gasteiger partial charge is 0.276 e. The van der Waals surface area contributed by atoms with Gasteiger partial charge in [0.15, 0.2) is 22.8 Å². The van der Waals surface area contributed by atoms with Crippen LogP contribution in [0, 0.1) is 0 Å². The molecule has 0 unspecified atom stereocenters. The summed E-state index contributed by atoms with van der Waals surface area (Å²) in [5, 5.41) is 11.1. The SMILES string of the molecule is COc1cc([C@@H]2N=c3ccccc3=C3C(=O)NC(SC)=NN32)cc(Br)c1OC. The minimum absolute atomic E-state index is 0.203. The number of para-hydroxylation sites is 1. The number of hydrogen-bond acceptors (Lipinski definition) is 7. The number of halogens is 1. The highest BCUT2D eigenvalue weighted by Gasteiger charge is 2.34. The predicted molar refractivity (Wildman–Crippen MR) is 112 cm³/mol. The number of carbonyl (C=O) groups excluding carboxylic acids is 1. The Hall–Kier alpha value is -2.52. The second-order valence-corrected chi connectivity index (χ2v) is 7.66. The van der Waals surface area contributed by atoms with Crippen molar-refractivity contribution in [2.75, 3.05) is 20.5 Å². The first-order valence-corrected chi connectivity index (χ1v) is 10.4. The highest BCUT2D eigenvalue weighted by molar-refractivity contribution is 9.10. The Morgan fingerprint density at radius 3 is 2.71 bits per heavy atom. The number of benzene rings is 2.